The van der Waals surface area contributed by atoms with Crippen molar-refractivity contribution in [3.8, 4) is 28.1 Å². The Balaban J connectivity index is 1.56. The van der Waals surface area contributed by atoms with Gasteiger partial charge in [-0.05, 0) is 23.3 Å². The van der Waals surface area contributed by atoms with Crippen molar-refractivity contribution in [2.75, 3.05) is 12.4 Å². The maximum Gasteiger partial charge on any atom is 0.349 e. The first kappa shape index (κ1) is 23.1. The van der Waals surface area contributed by atoms with E-state index >= 15 is 0 Å². The van der Waals surface area contributed by atoms with Gasteiger partial charge in [0.25, 0.3) is 5.91 Å². The Kier molecular flexibility index (Phi) is 5.85. The minimum absolute atomic E-state index is 0.191. The molecule has 0 saturated carbocycles. The molecular weight excluding hydrogens is 480 g/mol. The number of fused-ring (bicyclic) bond motifs is 1. The molecule has 5 aromatic rings. The third-order valence-corrected chi connectivity index (χ3v) is 6.38. The van der Waals surface area contributed by atoms with E-state index in [4.69, 9.17) is 9.84 Å². The second-order valence-corrected chi connectivity index (χ2v) is 8.66. The van der Waals surface area contributed by atoms with Crippen LogP contribution in [-0.2, 0) is 6.42 Å². The zero-order valence-corrected chi connectivity index (χ0v) is 20.4. The Morgan fingerprint density at radius 1 is 0.842 bits per heavy atom. The molecule has 0 saturated heterocycles. The monoisotopic (exact) mass is 502 g/mol. The fourth-order valence-electron chi connectivity index (χ4n) is 4.65. The molecule has 2 N–H and O–H groups in total. The summed E-state index contributed by atoms with van der Waals surface area (Å²) in [5, 5.41) is 8.02. The van der Waals surface area contributed by atoms with Gasteiger partial charge >= 0.3 is 5.69 Å². The number of nitrogens with zero attached hydrogens (tertiary/aromatic N) is 4. The summed E-state index contributed by atoms with van der Waals surface area (Å²) >= 11 is 0. The molecule has 2 aromatic heterocycles. The van der Waals surface area contributed by atoms with Crippen molar-refractivity contribution in [3.63, 3.8) is 0 Å². The third kappa shape index (κ3) is 4.16. The van der Waals surface area contributed by atoms with Crippen LogP contribution in [0.2, 0.25) is 0 Å². The van der Waals surface area contributed by atoms with Crippen LogP contribution in [0.4, 0.5) is 5.95 Å². The van der Waals surface area contributed by atoms with Gasteiger partial charge in [0.05, 0.1) is 18.4 Å². The number of allylic oxidation sites excluding steroid dienone is 2. The van der Waals surface area contributed by atoms with Crippen molar-refractivity contribution in [2.24, 2.45) is 0 Å². The molecule has 0 fully saturated rings. The molecular formula is C29H22N6O3. The summed E-state index contributed by atoms with van der Waals surface area (Å²) in [5.41, 5.74) is 5.30. The zero-order chi connectivity index (χ0) is 26.1. The fourth-order valence-corrected chi connectivity index (χ4v) is 4.65. The number of aromatic amines is 1. The number of hydrogen-bond donors (Lipinski definition) is 2. The number of ether oxygens (including phenoxy) is 1. The van der Waals surface area contributed by atoms with Crippen LogP contribution in [0.1, 0.15) is 16.1 Å². The van der Waals surface area contributed by atoms with E-state index in [1.165, 1.54) is 11.0 Å². The molecule has 1 aliphatic heterocycles. The highest BCUT2D eigenvalue weighted by Crippen LogP contribution is 2.40. The van der Waals surface area contributed by atoms with Gasteiger partial charge in [-0.3, -0.25) is 9.78 Å². The molecule has 0 spiro atoms. The zero-order valence-electron chi connectivity index (χ0n) is 20.4. The van der Waals surface area contributed by atoms with Crippen LogP contribution in [0.15, 0.2) is 102 Å². The summed E-state index contributed by atoms with van der Waals surface area (Å²) in [6, 6.07) is 26.9. The average Bonchev–Trinajstić information content (AvgIpc) is 3.34. The largest absolute Gasteiger partial charge is 0.497 e. The molecule has 0 unspecified atom stereocenters. The van der Waals surface area contributed by atoms with Gasteiger partial charge in [0.15, 0.2) is 0 Å². The average molecular weight is 503 g/mol. The molecule has 3 aromatic carbocycles. The van der Waals surface area contributed by atoms with Crippen molar-refractivity contribution < 1.29 is 9.53 Å². The number of aromatic nitrogens is 5. The molecule has 9 heteroatoms. The van der Waals surface area contributed by atoms with Gasteiger partial charge in [-0.25, -0.2) is 9.78 Å². The predicted molar refractivity (Wildman–Crippen MR) is 144 cm³/mol. The van der Waals surface area contributed by atoms with Crippen molar-refractivity contribution in [1.82, 2.24) is 24.7 Å². The summed E-state index contributed by atoms with van der Waals surface area (Å²) in [7, 11) is 1.59. The highest BCUT2D eigenvalue weighted by molar-refractivity contribution is 6.23. The van der Waals surface area contributed by atoms with E-state index in [0.29, 0.717) is 34.7 Å². The van der Waals surface area contributed by atoms with Gasteiger partial charge in [-0.2, -0.15) is 14.8 Å². The fraction of sp³-hybridized carbons (Fsp3) is 0.0690. The molecule has 0 amide bonds. The number of rotatable bonds is 6. The van der Waals surface area contributed by atoms with E-state index in [-0.39, 0.29) is 11.9 Å². The number of methoxy groups -OCH3 is 1. The highest BCUT2D eigenvalue weighted by atomic mass is 16.5. The highest BCUT2D eigenvalue weighted by Gasteiger charge is 2.33. The third-order valence-electron chi connectivity index (χ3n) is 6.38. The Bertz CT molecular complexity index is 1720. The molecule has 3 heterocycles. The number of benzene rings is 3. The lowest BCUT2D eigenvalue weighted by Crippen LogP contribution is -2.27. The summed E-state index contributed by atoms with van der Waals surface area (Å²) in [6.45, 7) is 0. The van der Waals surface area contributed by atoms with E-state index in [1.54, 1.807) is 19.2 Å². The Morgan fingerprint density at radius 2 is 1.53 bits per heavy atom. The van der Waals surface area contributed by atoms with Crippen LogP contribution in [0, 0.1) is 0 Å². The van der Waals surface area contributed by atoms with E-state index < -0.39 is 5.69 Å². The van der Waals surface area contributed by atoms with Crippen LogP contribution in [0.25, 0.3) is 28.0 Å². The second-order valence-electron chi connectivity index (χ2n) is 8.66. The van der Waals surface area contributed by atoms with Crippen LogP contribution in [0.3, 0.4) is 0 Å². The lowest BCUT2D eigenvalue weighted by Gasteiger charge is -2.22. The maximum absolute atomic E-state index is 14.1. The van der Waals surface area contributed by atoms with Gasteiger partial charge < -0.3 is 10.1 Å². The standard InChI is InChI=1S/C29H22N6O3/c1-38-21-14-12-19(13-15-21)24-22(32-28-30-17-31-29(37)33-28)16-23-25(18-8-4-2-5-9-18)26(34-35(23)27(24)36)20-10-6-3-7-11-20/h2-15,17H,16H2,1H3,(H2,30,31,32,33,37). The SMILES string of the molecule is COc1ccc(C2=C(Nc3ncnc(=O)[nH]3)Cc3c(-c4ccccc4)c(-c4ccccc4)nn3C2=O)cc1. The van der Waals surface area contributed by atoms with Crippen molar-refractivity contribution in [3.05, 3.63) is 119 Å². The lowest BCUT2D eigenvalue weighted by atomic mass is 9.92. The molecule has 0 bridgehead atoms. The number of anilines is 1. The normalized spacial score (nSPS) is 12.8. The van der Waals surface area contributed by atoms with Gasteiger partial charge in [0, 0.05) is 23.2 Å². The minimum atomic E-state index is -0.544. The Morgan fingerprint density at radius 3 is 2.18 bits per heavy atom. The summed E-state index contributed by atoms with van der Waals surface area (Å²) in [6.07, 6.45) is 1.51. The van der Waals surface area contributed by atoms with Gasteiger partial charge in [0.1, 0.15) is 17.8 Å². The number of H-pyrrole nitrogens is 1. The van der Waals surface area contributed by atoms with E-state index in [0.717, 1.165) is 22.4 Å². The first-order valence-corrected chi connectivity index (χ1v) is 12.0. The maximum atomic E-state index is 14.1. The van der Waals surface area contributed by atoms with Gasteiger partial charge in [-0.15, -0.1) is 0 Å². The first-order valence-electron chi connectivity index (χ1n) is 12.0. The second kappa shape index (κ2) is 9.62. The van der Waals surface area contributed by atoms with Crippen LogP contribution in [-0.4, -0.2) is 37.7 Å². The van der Waals surface area contributed by atoms with Crippen molar-refractivity contribution in [2.45, 2.75) is 6.42 Å². The van der Waals surface area contributed by atoms with Crippen LogP contribution in [0.5, 0.6) is 5.75 Å². The first-order chi connectivity index (χ1) is 18.6. The Hall–Kier alpha value is -5.31. The number of nitrogens with one attached hydrogen (secondary N) is 2. The quantitative estimate of drug-likeness (QED) is 0.353. The topological polar surface area (TPSA) is 115 Å². The number of carbonyl (C=O) groups is 1. The molecule has 0 aliphatic carbocycles. The molecule has 6 rings (SSSR count). The number of carbonyl (C=O) groups excluding carboxylic acids is 1. The molecule has 186 valence electrons. The molecule has 0 atom stereocenters. The summed E-state index contributed by atoms with van der Waals surface area (Å²) in [4.78, 5) is 36.3. The molecule has 9 nitrogen and oxygen atoms in total. The van der Waals surface area contributed by atoms with Crippen molar-refractivity contribution >= 4 is 17.4 Å². The molecule has 1 aliphatic rings. The predicted octanol–water partition coefficient (Wildman–Crippen LogP) is 4.42. The minimum Gasteiger partial charge on any atom is -0.497 e. The van der Waals surface area contributed by atoms with E-state index in [2.05, 4.69) is 20.3 Å². The Labute approximate surface area is 217 Å². The smallest absolute Gasteiger partial charge is 0.349 e. The van der Waals surface area contributed by atoms with Gasteiger partial charge in [0.2, 0.25) is 5.95 Å². The van der Waals surface area contributed by atoms with Gasteiger partial charge in [-0.1, -0.05) is 72.8 Å². The summed E-state index contributed by atoms with van der Waals surface area (Å²) in [5.74, 6) is 0.566. The van der Waals surface area contributed by atoms with E-state index in [1.807, 2.05) is 72.8 Å². The lowest BCUT2D eigenvalue weighted by molar-refractivity contribution is 0.0958. The van der Waals surface area contributed by atoms with Crippen LogP contribution < -0.4 is 15.7 Å². The van der Waals surface area contributed by atoms with Crippen LogP contribution >= 0.6 is 0 Å². The summed E-state index contributed by atoms with van der Waals surface area (Å²) < 4.78 is 6.79. The molecule has 0 radical (unpaired) electrons. The van der Waals surface area contributed by atoms with E-state index in [9.17, 15) is 9.59 Å². The molecule has 38 heavy (non-hydrogen) atoms. The van der Waals surface area contributed by atoms with Crippen molar-refractivity contribution in [1.29, 1.82) is 0 Å². The number of hydrogen-bond acceptors (Lipinski definition) is 7.